The Morgan fingerprint density at radius 2 is 2.21 bits per heavy atom. The van der Waals surface area contributed by atoms with Crippen LogP contribution in [0.2, 0.25) is 0 Å². The van der Waals surface area contributed by atoms with Crippen molar-refractivity contribution >= 4 is 17.7 Å². The highest BCUT2D eigenvalue weighted by molar-refractivity contribution is 6.03. The number of amides is 1. The molecule has 0 saturated heterocycles. The molecule has 0 fully saturated rings. The fraction of sp³-hybridized carbons (Fsp3) is 0.0909. The Morgan fingerprint density at radius 1 is 1.42 bits per heavy atom. The van der Waals surface area contributed by atoms with Crippen molar-refractivity contribution in [3.63, 3.8) is 0 Å². The summed E-state index contributed by atoms with van der Waals surface area (Å²) in [6.07, 6.45) is 1.27. The number of hydrogen-bond donors (Lipinski definition) is 2. The van der Waals surface area contributed by atoms with Crippen LogP contribution < -0.4 is 5.32 Å². The molecule has 0 saturated carbocycles. The lowest BCUT2D eigenvalue weighted by Gasteiger charge is -2.00. The van der Waals surface area contributed by atoms with Crippen LogP contribution in [0.15, 0.2) is 30.5 Å². The van der Waals surface area contributed by atoms with Crippen LogP contribution in [0.4, 0.5) is 10.2 Å². The van der Waals surface area contributed by atoms with E-state index in [9.17, 15) is 14.0 Å². The molecular formula is C11H9FN4O3. The Morgan fingerprint density at radius 3 is 2.89 bits per heavy atom. The molecule has 0 unspecified atom stereocenters. The molecule has 2 aromatic rings. The first kappa shape index (κ1) is 12.7. The predicted molar refractivity (Wildman–Crippen MR) is 62.0 cm³/mol. The number of carbonyl (C=O) groups is 2. The van der Waals surface area contributed by atoms with Crippen LogP contribution in [0.25, 0.3) is 0 Å². The van der Waals surface area contributed by atoms with Crippen molar-refractivity contribution in [2.75, 3.05) is 5.32 Å². The van der Waals surface area contributed by atoms with E-state index in [4.69, 9.17) is 5.11 Å². The third-order valence-electron chi connectivity index (χ3n) is 2.16. The number of rotatable bonds is 4. The SMILES string of the molecule is O=C(O)Cn1cc(NC(=O)c2cccc(F)c2)nn1. The second kappa shape index (κ2) is 5.25. The van der Waals surface area contributed by atoms with E-state index < -0.39 is 17.7 Å². The van der Waals surface area contributed by atoms with Crippen LogP contribution >= 0.6 is 0 Å². The topological polar surface area (TPSA) is 97.1 Å². The summed E-state index contributed by atoms with van der Waals surface area (Å²) in [5, 5.41) is 18.0. The van der Waals surface area contributed by atoms with Gasteiger partial charge in [0.05, 0.1) is 6.20 Å². The second-order valence-electron chi connectivity index (χ2n) is 3.66. The molecular weight excluding hydrogens is 255 g/mol. The molecule has 1 aromatic carbocycles. The largest absolute Gasteiger partial charge is 0.480 e. The minimum absolute atomic E-state index is 0.0931. The summed E-state index contributed by atoms with van der Waals surface area (Å²) in [5.41, 5.74) is 0.132. The minimum atomic E-state index is -1.08. The smallest absolute Gasteiger partial charge is 0.325 e. The van der Waals surface area contributed by atoms with Gasteiger partial charge in [-0.1, -0.05) is 11.3 Å². The van der Waals surface area contributed by atoms with Crippen molar-refractivity contribution < 1.29 is 19.1 Å². The molecule has 0 spiro atoms. The highest BCUT2D eigenvalue weighted by Crippen LogP contribution is 2.07. The van der Waals surface area contributed by atoms with Gasteiger partial charge in [0, 0.05) is 5.56 Å². The van der Waals surface area contributed by atoms with E-state index in [-0.39, 0.29) is 17.9 Å². The van der Waals surface area contributed by atoms with Gasteiger partial charge in [-0.2, -0.15) is 0 Å². The lowest BCUT2D eigenvalue weighted by molar-refractivity contribution is -0.137. The Balaban J connectivity index is 2.06. The zero-order valence-corrected chi connectivity index (χ0v) is 9.58. The second-order valence-corrected chi connectivity index (χ2v) is 3.66. The van der Waals surface area contributed by atoms with Crippen LogP contribution in [-0.2, 0) is 11.3 Å². The van der Waals surface area contributed by atoms with Gasteiger partial charge in [-0.15, -0.1) is 5.10 Å². The number of anilines is 1. The average molecular weight is 264 g/mol. The van der Waals surface area contributed by atoms with Gasteiger partial charge in [-0.3, -0.25) is 9.59 Å². The fourth-order valence-electron chi connectivity index (χ4n) is 1.39. The predicted octanol–water partition coefficient (Wildman–Crippen LogP) is 0.754. The Labute approximate surface area is 106 Å². The average Bonchev–Trinajstić information content (AvgIpc) is 2.75. The highest BCUT2D eigenvalue weighted by Gasteiger charge is 2.10. The molecule has 19 heavy (non-hydrogen) atoms. The van der Waals surface area contributed by atoms with E-state index >= 15 is 0 Å². The monoisotopic (exact) mass is 264 g/mol. The summed E-state index contributed by atoms with van der Waals surface area (Å²) in [6.45, 7) is -0.358. The quantitative estimate of drug-likeness (QED) is 0.849. The molecule has 8 heteroatoms. The van der Waals surface area contributed by atoms with Crippen LogP contribution in [0, 0.1) is 5.82 Å². The number of hydrogen-bond acceptors (Lipinski definition) is 4. The molecule has 0 aliphatic carbocycles. The number of carboxylic acids is 1. The first-order valence-electron chi connectivity index (χ1n) is 5.23. The van der Waals surface area contributed by atoms with Gasteiger partial charge in [0.1, 0.15) is 12.4 Å². The highest BCUT2D eigenvalue weighted by atomic mass is 19.1. The van der Waals surface area contributed by atoms with Gasteiger partial charge in [-0.25, -0.2) is 9.07 Å². The van der Waals surface area contributed by atoms with Gasteiger partial charge in [0.15, 0.2) is 5.82 Å². The van der Waals surface area contributed by atoms with Gasteiger partial charge in [-0.05, 0) is 18.2 Å². The molecule has 0 aliphatic heterocycles. The Hall–Kier alpha value is -2.77. The lowest BCUT2D eigenvalue weighted by Crippen LogP contribution is -2.12. The number of benzene rings is 1. The summed E-state index contributed by atoms with van der Waals surface area (Å²) in [4.78, 5) is 22.2. The molecule has 2 rings (SSSR count). The molecule has 2 N–H and O–H groups in total. The van der Waals surface area contributed by atoms with Crippen molar-refractivity contribution in [3.05, 3.63) is 41.8 Å². The van der Waals surface area contributed by atoms with Crippen LogP contribution in [0.5, 0.6) is 0 Å². The van der Waals surface area contributed by atoms with Crippen LogP contribution in [-0.4, -0.2) is 32.0 Å². The molecule has 1 aromatic heterocycles. The van der Waals surface area contributed by atoms with Crippen molar-refractivity contribution in [2.45, 2.75) is 6.54 Å². The minimum Gasteiger partial charge on any atom is -0.480 e. The van der Waals surface area contributed by atoms with Crippen LogP contribution in [0.3, 0.4) is 0 Å². The number of halogens is 1. The van der Waals surface area contributed by atoms with Crippen molar-refractivity contribution in [1.29, 1.82) is 0 Å². The molecule has 0 bridgehead atoms. The summed E-state index contributed by atoms with van der Waals surface area (Å²) >= 11 is 0. The third kappa shape index (κ3) is 3.35. The van der Waals surface area contributed by atoms with E-state index in [0.717, 1.165) is 10.7 Å². The molecule has 0 aliphatic rings. The normalized spacial score (nSPS) is 10.2. The number of aliphatic carboxylic acids is 1. The molecule has 1 heterocycles. The Bertz CT molecular complexity index is 626. The van der Waals surface area contributed by atoms with Gasteiger partial charge in [0.2, 0.25) is 0 Å². The summed E-state index contributed by atoms with van der Waals surface area (Å²) in [5.74, 6) is -2.06. The fourth-order valence-corrected chi connectivity index (χ4v) is 1.39. The van der Waals surface area contributed by atoms with Crippen LogP contribution in [0.1, 0.15) is 10.4 Å². The molecule has 98 valence electrons. The number of nitrogens with one attached hydrogen (secondary N) is 1. The lowest BCUT2D eigenvalue weighted by atomic mass is 10.2. The van der Waals surface area contributed by atoms with Crippen molar-refractivity contribution in [1.82, 2.24) is 15.0 Å². The standard InChI is InChI=1S/C11H9FN4O3/c12-8-3-1-2-7(4-8)11(19)13-9-5-16(15-14-9)6-10(17)18/h1-5H,6H2,(H,13,19)(H,17,18). The summed E-state index contributed by atoms with van der Waals surface area (Å²) < 4.78 is 14.0. The third-order valence-corrected chi connectivity index (χ3v) is 2.16. The number of carboxylic acid groups (broad SMARTS) is 1. The van der Waals surface area contributed by atoms with E-state index in [2.05, 4.69) is 15.6 Å². The van der Waals surface area contributed by atoms with Gasteiger partial charge in [0.25, 0.3) is 5.91 Å². The van der Waals surface area contributed by atoms with E-state index in [0.29, 0.717) is 0 Å². The van der Waals surface area contributed by atoms with Crippen molar-refractivity contribution in [3.8, 4) is 0 Å². The number of aromatic nitrogens is 3. The Kier molecular flexibility index (Phi) is 3.51. The molecule has 7 nitrogen and oxygen atoms in total. The molecule has 1 amide bonds. The molecule has 0 atom stereocenters. The maximum absolute atomic E-state index is 12.9. The maximum atomic E-state index is 12.9. The first-order valence-corrected chi connectivity index (χ1v) is 5.23. The number of carbonyl (C=O) groups excluding carboxylic acids is 1. The van der Waals surface area contributed by atoms with E-state index in [1.165, 1.54) is 24.4 Å². The zero-order valence-electron chi connectivity index (χ0n) is 9.58. The van der Waals surface area contributed by atoms with E-state index in [1.807, 2.05) is 0 Å². The summed E-state index contributed by atoms with van der Waals surface area (Å²) in [7, 11) is 0. The first-order chi connectivity index (χ1) is 9.04. The molecule has 0 radical (unpaired) electrons. The van der Waals surface area contributed by atoms with Gasteiger partial charge < -0.3 is 10.4 Å². The maximum Gasteiger partial charge on any atom is 0.325 e. The zero-order chi connectivity index (χ0) is 13.8. The number of nitrogens with zero attached hydrogens (tertiary/aromatic N) is 3. The van der Waals surface area contributed by atoms with E-state index in [1.54, 1.807) is 0 Å². The van der Waals surface area contributed by atoms with Crippen molar-refractivity contribution in [2.24, 2.45) is 0 Å². The van der Waals surface area contributed by atoms with Gasteiger partial charge >= 0.3 is 5.97 Å². The summed E-state index contributed by atoms with van der Waals surface area (Å²) in [6, 6.07) is 5.16.